The molecule has 1 aromatic carbocycles. The Morgan fingerprint density at radius 3 is 2.80 bits per heavy atom. The molecule has 2 aliphatic rings. The van der Waals surface area contributed by atoms with Crippen LogP contribution in [0, 0.1) is 11.3 Å². The van der Waals surface area contributed by atoms with Gasteiger partial charge in [0.15, 0.2) is 0 Å². The Balaban J connectivity index is 1.49. The highest BCUT2D eigenvalue weighted by atomic mass is 16.5. The monoisotopic (exact) mass is 469 g/mol. The smallest absolute Gasteiger partial charge is 0.225 e. The highest BCUT2D eigenvalue weighted by Crippen LogP contribution is 2.42. The predicted molar refractivity (Wildman–Crippen MR) is 136 cm³/mol. The largest absolute Gasteiger partial charge is 0.384 e. The van der Waals surface area contributed by atoms with Crippen LogP contribution in [0.4, 0.5) is 5.82 Å². The van der Waals surface area contributed by atoms with Crippen molar-refractivity contribution in [3.8, 4) is 17.2 Å². The van der Waals surface area contributed by atoms with Crippen molar-refractivity contribution < 1.29 is 9.53 Å². The minimum absolute atomic E-state index is 0.0428. The molecule has 180 valence electrons. The number of amides is 1. The molecule has 0 bridgehead atoms. The third-order valence-corrected chi connectivity index (χ3v) is 7.33. The second kappa shape index (κ2) is 10.0. The lowest BCUT2D eigenvalue weighted by Crippen LogP contribution is -2.54. The van der Waals surface area contributed by atoms with Crippen LogP contribution in [0.25, 0.3) is 22.0 Å². The molecule has 1 aliphatic carbocycles. The van der Waals surface area contributed by atoms with Gasteiger partial charge >= 0.3 is 0 Å². The maximum Gasteiger partial charge on any atom is 0.225 e. The second-order valence-electron chi connectivity index (χ2n) is 9.57. The van der Waals surface area contributed by atoms with E-state index in [4.69, 9.17) is 9.72 Å². The highest BCUT2D eigenvalue weighted by Gasteiger charge is 2.31. The van der Waals surface area contributed by atoms with Crippen LogP contribution in [0.2, 0.25) is 0 Å². The number of pyridine rings is 2. The SMILES string of the molecule is COCCC(=O)N1CCN(c2nc(C3CCC3)c(-c3ccc4ncccc4c3)cc2C#N)CC1C. The summed E-state index contributed by atoms with van der Waals surface area (Å²) in [7, 11) is 1.61. The zero-order valence-corrected chi connectivity index (χ0v) is 20.4. The standard InChI is InChI=1S/C28H31N5O2/c1-19-18-32(12-13-33(19)26(34)10-14-35-2)28-23(17-29)16-24(27(31-28)20-5-3-6-20)21-8-9-25-22(15-21)7-4-11-30-25/h4,7-9,11,15-16,19-20H,3,5-6,10,12-14,18H2,1-2H3. The van der Waals surface area contributed by atoms with Crippen LogP contribution >= 0.6 is 0 Å². The summed E-state index contributed by atoms with van der Waals surface area (Å²) >= 11 is 0. The number of benzene rings is 1. The minimum atomic E-state index is 0.0428. The number of carbonyl (C=O) groups excluding carboxylic acids is 1. The van der Waals surface area contributed by atoms with E-state index in [0.29, 0.717) is 44.1 Å². The van der Waals surface area contributed by atoms with Gasteiger partial charge in [0.25, 0.3) is 0 Å². The number of fused-ring (bicyclic) bond motifs is 1. The molecule has 1 atom stereocenters. The van der Waals surface area contributed by atoms with Gasteiger partial charge in [-0.25, -0.2) is 4.98 Å². The summed E-state index contributed by atoms with van der Waals surface area (Å²) in [6.45, 7) is 4.44. The van der Waals surface area contributed by atoms with Gasteiger partial charge in [-0.2, -0.15) is 5.26 Å². The van der Waals surface area contributed by atoms with Crippen molar-refractivity contribution in [2.75, 3.05) is 38.3 Å². The fourth-order valence-corrected chi connectivity index (χ4v) is 5.16. The van der Waals surface area contributed by atoms with E-state index in [2.05, 4.69) is 41.1 Å². The number of methoxy groups -OCH3 is 1. The summed E-state index contributed by atoms with van der Waals surface area (Å²) in [5.41, 5.74) is 4.74. The number of hydrogen-bond acceptors (Lipinski definition) is 6. The molecule has 35 heavy (non-hydrogen) atoms. The Kier molecular flexibility index (Phi) is 6.65. The van der Waals surface area contributed by atoms with Gasteiger partial charge in [-0.05, 0) is 49.6 Å². The summed E-state index contributed by atoms with van der Waals surface area (Å²) in [5.74, 6) is 1.27. The van der Waals surface area contributed by atoms with Crippen molar-refractivity contribution in [1.29, 1.82) is 5.26 Å². The van der Waals surface area contributed by atoms with E-state index in [1.807, 2.05) is 23.1 Å². The van der Waals surface area contributed by atoms with Gasteiger partial charge < -0.3 is 14.5 Å². The van der Waals surface area contributed by atoms with Crippen molar-refractivity contribution in [3.05, 3.63) is 53.9 Å². The molecule has 1 amide bonds. The second-order valence-corrected chi connectivity index (χ2v) is 9.57. The number of rotatable bonds is 6. The minimum Gasteiger partial charge on any atom is -0.384 e. The van der Waals surface area contributed by atoms with E-state index >= 15 is 0 Å². The van der Waals surface area contributed by atoms with Crippen LogP contribution in [0.5, 0.6) is 0 Å². The van der Waals surface area contributed by atoms with Crippen LogP contribution in [0.15, 0.2) is 42.6 Å². The number of anilines is 1. The van der Waals surface area contributed by atoms with Crippen LogP contribution in [-0.2, 0) is 9.53 Å². The number of piperazine rings is 1. The predicted octanol–water partition coefficient (Wildman–Crippen LogP) is 4.51. The van der Waals surface area contributed by atoms with E-state index < -0.39 is 0 Å². The first kappa shape index (κ1) is 23.3. The first-order chi connectivity index (χ1) is 17.1. The molecule has 0 spiro atoms. The third-order valence-electron chi connectivity index (χ3n) is 7.33. The lowest BCUT2D eigenvalue weighted by molar-refractivity contribution is -0.134. The van der Waals surface area contributed by atoms with Gasteiger partial charge in [0.2, 0.25) is 5.91 Å². The average Bonchev–Trinajstić information content (AvgIpc) is 2.85. The summed E-state index contributed by atoms with van der Waals surface area (Å²) in [6.07, 6.45) is 5.65. The molecule has 1 unspecified atom stereocenters. The Bertz CT molecular complexity index is 1280. The lowest BCUT2D eigenvalue weighted by atomic mass is 9.79. The summed E-state index contributed by atoms with van der Waals surface area (Å²) in [6, 6.07) is 14.8. The molecule has 0 radical (unpaired) electrons. The summed E-state index contributed by atoms with van der Waals surface area (Å²) in [4.78, 5) is 26.3. The van der Waals surface area contributed by atoms with Crippen LogP contribution < -0.4 is 4.90 Å². The number of nitriles is 1. The quantitative estimate of drug-likeness (QED) is 0.528. The van der Waals surface area contributed by atoms with Crippen LogP contribution in [0.3, 0.4) is 0 Å². The topological polar surface area (TPSA) is 82.3 Å². The van der Waals surface area contributed by atoms with Crippen molar-refractivity contribution >= 4 is 22.6 Å². The Morgan fingerprint density at radius 2 is 2.09 bits per heavy atom. The van der Waals surface area contributed by atoms with Crippen molar-refractivity contribution in [2.24, 2.45) is 0 Å². The molecule has 0 N–H and O–H groups in total. The number of aromatic nitrogens is 2. The fourth-order valence-electron chi connectivity index (χ4n) is 5.16. The van der Waals surface area contributed by atoms with Gasteiger partial charge in [-0.15, -0.1) is 0 Å². The van der Waals surface area contributed by atoms with Gasteiger partial charge in [0, 0.05) is 55.9 Å². The zero-order valence-electron chi connectivity index (χ0n) is 20.4. The lowest BCUT2D eigenvalue weighted by Gasteiger charge is -2.41. The van der Waals surface area contributed by atoms with Crippen LogP contribution in [0.1, 0.15) is 49.8 Å². The molecular formula is C28H31N5O2. The van der Waals surface area contributed by atoms with Crippen molar-refractivity contribution in [1.82, 2.24) is 14.9 Å². The Hall–Kier alpha value is -3.50. The number of ether oxygens (including phenoxy) is 1. The van der Waals surface area contributed by atoms with E-state index in [0.717, 1.165) is 46.4 Å². The molecule has 7 nitrogen and oxygen atoms in total. The fraction of sp³-hybridized carbons (Fsp3) is 0.429. The first-order valence-electron chi connectivity index (χ1n) is 12.4. The molecule has 2 aromatic heterocycles. The van der Waals surface area contributed by atoms with E-state index in [1.165, 1.54) is 6.42 Å². The van der Waals surface area contributed by atoms with Gasteiger partial charge in [-0.3, -0.25) is 9.78 Å². The number of hydrogen-bond donors (Lipinski definition) is 0. The highest BCUT2D eigenvalue weighted by molar-refractivity contribution is 5.85. The first-order valence-corrected chi connectivity index (χ1v) is 12.4. The average molecular weight is 470 g/mol. The third kappa shape index (κ3) is 4.59. The maximum atomic E-state index is 12.6. The number of nitrogens with zero attached hydrogens (tertiary/aromatic N) is 5. The Labute approximate surface area is 206 Å². The van der Waals surface area contributed by atoms with Crippen molar-refractivity contribution in [3.63, 3.8) is 0 Å². The summed E-state index contributed by atoms with van der Waals surface area (Å²) in [5, 5.41) is 11.2. The summed E-state index contributed by atoms with van der Waals surface area (Å²) < 4.78 is 5.07. The molecule has 5 rings (SSSR count). The molecule has 1 saturated heterocycles. The van der Waals surface area contributed by atoms with E-state index in [1.54, 1.807) is 13.3 Å². The Morgan fingerprint density at radius 1 is 1.23 bits per heavy atom. The molecule has 2 fully saturated rings. The van der Waals surface area contributed by atoms with E-state index in [9.17, 15) is 10.1 Å². The molecule has 3 heterocycles. The van der Waals surface area contributed by atoms with Gasteiger partial charge in [-0.1, -0.05) is 18.6 Å². The molecule has 1 aliphatic heterocycles. The molecular weight excluding hydrogens is 438 g/mol. The van der Waals surface area contributed by atoms with Gasteiger partial charge in [0.05, 0.1) is 29.8 Å². The zero-order chi connectivity index (χ0) is 24.4. The van der Waals surface area contributed by atoms with E-state index in [-0.39, 0.29) is 11.9 Å². The van der Waals surface area contributed by atoms with Gasteiger partial charge in [0.1, 0.15) is 11.9 Å². The number of carbonyl (C=O) groups is 1. The maximum absolute atomic E-state index is 12.6. The normalized spacial score (nSPS) is 18.4. The van der Waals surface area contributed by atoms with Crippen molar-refractivity contribution in [2.45, 2.75) is 44.6 Å². The molecule has 7 heteroatoms. The molecule has 1 saturated carbocycles. The van der Waals surface area contributed by atoms with Crippen LogP contribution in [-0.4, -0.2) is 60.2 Å². The molecule has 3 aromatic rings.